The predicted octanol–water partition coefficient (Wildman–Crippen LogP) is 2.02. The molecule has 0 aromatic carbocycles. The van der Waals surface area contributed by atoms with Crippen LogP contribution < -0.4 is 5.56 Å². The normalized spacial score (nSPS) is 11.9. The van der Waals surface area contributed by atoms with Crippen molar-refractivity contribution in [3.63, 3.8) is 0 Å². The Morgan fingerprint density at radius 3 is 2.21 bits per heavy atom. The molecule has 0 aliphatic rings. The number of rotatable bonds is 0. The van der Waals surface area contributed by atoms with Gasteiger partial charge in [-0.25, -0.2) is 0 Å². The van der Waals surface area contributed by atoms with Crippen molar-refractivity contribution in [1.82, 2.24) is 4.57 Å². The van der Waals surface area contributed by atoms with Gasteiger partial charge in [-0.05, 0) is 25.5 Å². The number of aromatic nitrogens is 1. The molecule has 0 spiro atoms. The molecular formula is C9H10F3NO. The number of aryl methyl sites for hydroxylation is 1. The zero-order chi connectivity index (χ0) is 11.1. The van der Waals surface area contributed by atoms with Crippen LogP contribution in [0.1, 0.15) is 16.8 Å². The van der Waals surface area contributed by atoms with E-state index in [1.165, 1.54) is 13.8 Å². The summed E-state index contributed by atoms with van der Waals surface area (Å²) in [6.45, 7) is 3.00. The molecule has 0 bridgehead atoms. The van der Waals surface area contributed by atoms with E-state index in [2.05, 4.69) is 0 Å². The fourth-order valence-electron chi connectivity index (χ4n) is 1.21. The fraction of sp³-hybridized carbons (Fsp3) is 0.444. The van der Waals surface area contributed by atoms with Crippen LogP contribution in [0.5, 0.6) is 0 Å². The first-order valence-corrected chi connectivity index (χ1v) is 3.99. The van der Waals surface area contributed by atoms with Crippen LogP contribution in [0.3, 0.4) is 0 Å². The highest BCUT2D eigenvalue weighted by Crippen LogP contribution is 2.28. The highest BCUT2D eigenvalue weighted by Gasteiger charge is 2.34. The van der Waals surface area contributed by atoms with Crippen LogP contribution in [0.25, 0.3) is 0 Å². The van der Waals surface area contributed by atoms with Crippen molar-refractivity contribution in [3.05, 3.63) is 33.2 Å². The third kappa shape index (κ3) is 1.66. The summed E-state index contributed by atoms with van der Waals surface area (Å²) in [5.41, 5.74) is -0.802. The van der Waals surface area contributed by atoms with Gasteiger partial charge in [-0.3, -0.25) is 4.79 Å². The zero-order valence-electron chi connectivity index (χ0n) is 8.07. The maximum Gasteiger partial charge on any atom is 0.431 e. The largest absolute Gasteiger partial charge is 0.431 e. The molecule has 1 rings (SSSR count). The average Bonchev–Trinajstić information content (AvgIpc) is 2.06. The minimum absolute atomic E-state index is 0.348. The maximum atomic E-state index is 12.4. The maximum absolute atomic E-state index is 12.4. The van der Waals surface area contributed by atoms with E-state index >= 15 is 0 Å². The van der Waals surface area contributed by atoms with Gasteiger partial charge in [0.25, 0.3) is 5.56 Å². The van der Waals surface area contributed by atoms with Crippen LogP contribution in [0, 0.1) is 13.8 Å². The zero-order valence-corrected chi connectivity index (χ0v) is 8.07. The first-order chi connectivity index (χ1) is 6.25. The number of alkyl halides is 3. The summed E-state index contributed by atoms with van der Waals surface area (Å²) in [4.78, 5) is 11.3. The molecule has 0 unspecified atom stereocenters. The third-order valence-corrected chi connectivity index (χ3v) is 2.22. The molecule has 0 amide bonds. The van der Waals surface area contributed by atoms with E-state index in [1.54, 1.807) is 0 Å². The van der Waals surface area contributed by atoms with E-state index in [4.69, 9.17) is 0 Å². The predicted molar refractivity (Wildman–Crippen MR) is 46.2 cm³/mol. The van der Waals surface area contributed by atoms with Crippen LogP contribution in [-0.4, -0.2) is 4.57 Å². The number of halogens is 3. The van der Waals surface area contributed by atoms with E-state index in [1.807, 2.05) is 0 Å². The van der Waals surface area contributed by atoms with Crippen molar-refractivity contribution >= 4 is 0 Å². The summed E-state index contributed by atoms with van der Waals surface area (Å²) < 4.78 is 37.8. The van der Waals surface area contributed by atoms with E-state index in [0.717, 1.165) is 13.1 Å². The van der Waals surface area contributed by atoms with E-state index < -0.39 is 17.4 Å². The number of nitrogens with zero attached hydrogens (tertiary/aromatic N) is 1. The minimum atomic E-state index is -4.48. The van der Waals surface area contributed by atoms with Gasteiger partial charge in [0.1, 0.15) is 5.69 Å². The van der Waals surface area contributed by atoms with Crippen molar-refractivity contribution in [2.75, 3.05) is 0 Å². The Bertz CT molecular complexity index is 417. The summed E-state index contributed by atoms with van der Waals surface area (Å²) >= 11 is 0. The Hall–Kier alpha value is -1.26. The SMILES string of the molecule is Cc1cc(C(F)(F)F)n(C)c(=O)c1C. The molecule has 1 aromatic rings. The number of hydrogen-bond donors (Lipinski definition) is 0. The highest BCUT2D eigenvalue weighted by molar-refractivity contribution is 5.26. The van der Waals surface area contributed by atoms with E-state index in [0.29, 0.717) is 15.7 Å². The summed E-state index contributed by atoms with van der Waals surface area (Å²) in [6.07, 6.45) is -4.48. The second kappa shape index (κ2) is 3.15. The van der Waals surface area contributed by atoms with Gasteiger partial charge in [0, 0.05) is 12.6 Å². The molecule has 0 radical (unpaired) electrons. The molecule has 0 fully saturated rings. The molecule has 0 atom stereocenters. The molecule has 0 N–H and O–H groups in total. The number of pyridine rings is 1. The lowest BCUT2D eigenvalue weighted by Gasteiger charge is -2.13. The second-order valence-corrected chi connectivity index (χ2v) is 3.20. The first kappa shape index (κ1) is 10.8. The molecule has 14 heavy (non-hydrogen) atoms. The van der Waals surface area contributed by atoms with Crippen LogP contribution >= 0.6 is 0 Å². The minimum Gasteiger partial charge on any atom is -0.307 e. The Labute approximate surface area is 79.0 Å². The molecule has 1 heterocycles. The summed E-state index contributed by atoms with van der Waals surface area (Å²) in [5.74, 6) is 0. The van der Waals surface area contributed by atoms with Gasteiger partial charge >= 0.3 is 6.18 Å². The monoisotopic (exact) mass is 205 g/mol. The van der Waals surface area contributed by atoms with Gasteiger partial charge in [0.15, 0.2) is 0 Å². The van der Waals surface area contributed by atoms with Gasteiger partial charge in [-0.15, -0.1) is 0 Å². The lowest BCUT2D eigenvalue weighted by molar-refractivity contribution is -0.143. The topological polar surface area (TPSA) is 22.0 Å². The second-order valence-electron chi connectivity index (χ2n) is 3.20. The lowest BCUT2D eigenvalue weighted by Crippen LogP contribution is -2.27. The van der Waals surface area contributed by atoms with E-state index in [9.17, 15) is 18.0 Å². The van der Waals surface area contributed by atoms with Crippen molar-refractivity contribution in [2.24, 2.45) is 7.05 Å². The van der Waals surface area contributed by atoms with Gasteiger partial charge in [-0.2, -0.15) is 13.2 Å². The molecule has 0 saturated carbocycles. The van der Waals surface area contributed by atoms with Gasteiger partial charge in [0.2, 0.25) is 0 Å². The molecule has 2 nitrogen and oxygen atoms in total. The molecule has 0 saturated heterocycles. The van der Waals surface area contributed by atoms with E-state index in [-0.39, 0.29) is 0 Å². The molecule has 0 aliphatic heterocycles. The Kier molecular flexibility index (Phi) is 2.43. The quantitative estimate of drug-likeness (QED) is 0.635. The average molecular weight is 205 g/mol. The van der Waals surface area contributed by atoms with Crippen molar-refractivity contribution < 1.29 is 13.2 Å². The molecule has 78 valence electrons. The van der Waals surface area contributed by atoms with Crippen LogP contribution in [0.15, 0.2) is 10.9 Å². The van der Waals surface area contributed by atoms with Crippen LogP contribution in [-0.2, 0) is 13.2 Å². The van der Waals surface area contributed by atoms with Gasteiger partial charge in [-0.1, -0.05) is 0 Å². The standard InChI is InChI=1S/C9H10F3NO/c1-5-4-7(9(10,11)12)13(3)8(14)6(5)2/h4H,1-3H3. The third-order valence-electron chi connectivity index (χ3n) is 2.22. The Balaban J connectivity index is 3.58. The van der Waals surface area contributed by atoms with Crippen molar-refractivity contribution in [3.8, 4) is 0 Å². The molecule has 5 heteroatoms. The summed E-state index contributed by atoms with van der Waals surface area (Å²) in [5, 5.41) is 0. The molecule has 0 aliphatic carbocycles. The lowest BCUT2D eigenvalue weighted by atomic mass is 10.1. The van der Waals surface area contributed by atoms with Crippen molar-refractivity contribution in [2.45, 2.75) is 20.0 Å². The number of hydrogen-bond acceptors (Lipinski definition) is 1. The smallest absolute Gasteiger partial charge is 0.307 e. The van der Waals surface area contributed by atoms with Crippen LogP contribution in [0.4, 0.5) is 13.2 Å². The fourth-order valence-corrected chi connectivity index (χ4v) is 1.21. The van der Waals surface area contributed by atoms with Gasteiger partial charge < -0.3 is 4.57 Å². The summed E-state index contributed by atoms with van der Waals surface area (Å²) in [7, 11) is 1.12. The van der Waals surface area contributed by atoms with Crippen molar-refractivity contribution in [1.29, 1.82) is 0 Å². The van der Waals surface area contributed by atoms with Gasteiger partial charge in [0.05, 0.1) is 0 Å². The Morgan fingerprint density at radius 2 is 1.79 bits per heavy atom. The molecule has 1 aromatic heterocycles. The molecular weight excluding hydrogens is 195 g/mol. The highest BCUT2D eigenvalue weighted by atomic mass is 19.4. The van der Waals surface area contributed by atoms with Crippen LogP contribution in [0.2, 0.25) is 0 Å². The first-order valence-electron chi connectivity index (χ1n) is 3.99. The summed E-state index contributed by atoms with van der Waals surface area (Å²) in [6, 6.07) is 0.983. The Morgan fingerprint density at radius 1 is 1.29 bits per heavy atom.